The molecule has 0 aliphatic heterocycles. The first-order chi connectivity index (χ1) is 13.0. The number of para-hydroxylation sites is 1. The van der Waals surface area contributed by atoms with E-state index >= 15 is 0 Å². The Hall–Kier alpha value is -2.45. The average Bonchev–Trinajstić information content (AvgIpc) is 3.33. The molecular formula is C19H18N4O2S2. The number of aromatic nitrogens is 4. The van der Waals surface area contributed by atoms with Gasteiger partial charge in [0.1, 0.15) is 0 Å². The highest BCUT2D eigenvalue weighted by Gasteiger charge is 2.24. The highest BCUT2D eigenvalue weighted by molar-refractivity contribution is 8.00. The van der Waals surface area contributed by atoms with Crippen molar-refractivity contribution in [2.24, 2.45) is 0 Å². The third-order valence-corrected chi connectivity index (χ3v) is 5.99. The molecule has 0 unspecified atom stereocenters. The maximum absolute atomic E-state index is 13.0. The molecule has 138 valence electrons. The molecule has 0 aliphatic carbocycles. The Labute approximate surface area is 164 Å². The van der Waals surface area contributed by atoms with Crippen LogP contribution in [-0.4, -0.2) is 31.2 Å². The molecule has 4 rings (SSSR count). The number of aromatic amines is 1. The molecule has 4 aromatic rings. The van der Waals surface area contributed by atoms with Crippen LogP contribution in [0.25, 0.3) is 10.9 Å². The van der Waals surface area contributed by atoms with Gasteiger partial charge in [0, 0.05) is 27.5 Å². The van der Waals surface area contributed by atoms with Gasteiger partial charge in [-0.15, -0.1) is 21.5 Å². The van der Waals surface area contributed by atoms with Crippen LogP contribution in [0.15, 0.2) is 39.3 Å². The number of Topliss-reactive ketones (excluding diaryl/α,β-unsaturated/α-hetero) is 1. The maximum Gasteiger partial charge on any atom is 0.277 e. The summed E-state index contributed by atoms with van der Waals surface area (Å²) in [4.78, 5) is 20.7. The molecule has 0 fully saturated rings. The van der Waals surface area contributed by atoms with Gasteiger partial charge in [0.15, 0.2) is 5.78 Å². The van der Waals surface area contributed by atoms with Crippen molar-refractivity contribution in [3.05, 3.63) is 57.5 Å². The Bertz CT molecular complexity index is 1110. The quantitative estimate of drug-likeness (QED) is 0.378. The molecule has 0 radical (unpaired) electrons. The molecule has 3 heterocycles. The fourth-order valence-electron chi connectivity index (χ4n) is 3.00. The van der Waals surface area contributed by atoms with Crippen molar-refractivity contribution in [2.45, 2.75) is 37.7 Å². The lowest BCUT2D eigenvalue weighted by Crippen LogP contribution is -2.14. The Morgan fingerprint density at radius 2 is 2.11 bits per heavy atom. The van der Waals surface area contributed by atoms with E-state index in [9.17, 15) is 4.79 Å². The number of hydrogen-bond acceptors (Lipinski definition) is 7. The Kier molecular flexibility index (Phi) is 4.84. The third kappa shape index (κ3) is 3.68. The van der Waals surface area contributed by atoms with Crippen molar-refractivity contribution in [3.63, 3.8) is 0 Å². The number of hydrogen-bond donors (Lipinski definition) is 1. The molecule has 0 spiro atoms. The molecule has 0 saturated heterocycles. The molecule has 0 aliphatic rings. The second-order valence-electron chi connectivity index (χ2n) is 6.29. The van der Waals surface area contributed by atoms with Crippen LogP contribution >= 0.6 is 23.1 Å². The molecule has 1 N–H and O–H groups in total. The van der Waals surface area contributed by atoms with E-state index in [-0.39, 0.29) is 11.0 Å². The summed E-state index contributed by atoms with van der Waals surface area (Å²) in [5.41, 5.74) is 3.48. The Morgan fingerprint density at radius 1 is 1.30 bits per heavy atom. The normalized spacial score (nSPS) is 12.6. The number of thiazole rings is 1. The second-order valence-corrected chi connectivity index (χ2v) is 8.65. The molecular weight excluding hydrogens is 380 g/mol. The van der Waals surface area contributed by atoms with E-state index in [1.807, 2.05) is 50.4 Å². The Morgan fingerprint density at radius 3 is 2.89 bits per heavy atom. The zero-order valence-electron chi connectivity index (χ0n) is 15.1. The molecule has 0 amide bonds. The van der Waals surface area contributed by atoms with Crippen LogP contribution in [0, 0.1) is 13.8 Å². The third-order valence-electron chi connectivity index (χ3n) is 4.23. The van der Waals surface area contributed by atoms with Crippen LogP contribution in [0.1, 0.15) is 39.6 Å². The van der Waals surface area contributed by atoms with Crippen molar-refractivity contribution >= 4 is 39.8 Å². The van der Waals surface area contributed by atoms with Gasteiger partial charge >= 0.3 is 0 Å². The molecule has 1 atom stereocenters. The minimum absolute atomic E-state index is 0.0461. The highest BCUT2D eigenvalue weighted by atomic mass is 32.2. The molecule has 0 saturated carbocycles. The molecule has 1 aromatic carbocycles. The first-order valence-corrected chi connectivity index (χ1v) is 10.3. The number of benzene rings is 1. The lowest BCUT2D eigenvalue weighted by atomic mass is 10.1. The monoisotopic (exact) mass is 398 g/mol. The van der Waals surface area contributed by atoms with Gasteiger partial charge in [-0.3, -0.25) is 4.79 Å². The summed E-state index contributed by atoms with van der Waals surface area (Å²) in [6.45, 7) is 5.75. The molecule has 27 heavy (non-hydrogen) atoms. The number of rotatable bonds is 6. The van der Waals surface area contributed by atoms with E-state index in [0.29, 0.717) is 17.5 Å². The molecule has 8 heteroatoms. The SMILES string of the molecule is Cc1nc(Cc2nnc(S[C@@H](C)C(=O)c3c(C)[nH]c4ccccc34)o2)cs1. The van der Waals surface area contributed by atoms with Crippen LogP contribution in [0.4, 0.5) is 0 Å². The minimum Gasteiger partial charge on any atom is -0.416 e. The predicted molar refractivity (Wildman–Crippen MR) is 107 cm³/mol. The van der Waals surface area contributed by atoms with E-state index < -0.39 is 0 Å². The number of carbonyl (C=O) groups is 1. The van der Waals surface area contributed by atoms with E-state index in [0.717, 1.165) is 32.9 Å². The van der Waals surface area contributed by atoms with Gasteiger partial charge in [0.05, 0.1) is 22.4 Å². The van der Waals surface area contributed by atoms with Crippen molar-refractivity contribution in [1.29, 1.82) is 0 Å². The number of thioether (sulfide) groups is 1. The maximum atomic E-state index is 13.0. The number of H-pyrrole nitrogens is 1. The van der Waals surface area contributed by atoms with Gasteiger partial charge in [-0.2, -0.15) is 0 Å². The van der Waals surface area contributed by atoms with Crippen LogP contribution in [0.2, 0.25) is 0 Å². The second kappa shape index (κ2) is 7.28. The van der Waals surface area contributed by atoms with Crippen LogP contribution in [0.5, 0.6) is 0 Å². The molecule has 6 nitrogen and oxygen atoms in total. The lowest BCUT2D eigenvalue weighted by Gasteiger charge is -2.07. The zero-order chi connectivity index (χ0) is 19.0. The number of nitrogens with one attached hydrogen (secondary N) is 1. The van der Waals surface area contributed by atoms with Crippen LogP contribution in [0.3, 0.4) is 0 Å². The number of nitrogens with zero attached hydrogens (tertiary/aromatic N) is 3. The van der Waals surface area contributed by atoms with Gasteiger partial charge in [-0.25, -0.2) is 4.98 Å². The first kappa shape index (κ1) is 17.9. The minimum atomic E-state index is -0.335. The summed E-state index contributed by atoms with van der Waals surface area (Å²) in [5, 5.41) is 12.1. The van der Waals surface area contributed by atoms with Gasteiger partial charge < -0.3 is 9.40 Å². The summed E-state index contributed by atoms with van der Waals surface area (Å²) in [6, 6.07) is 7.83. The number of ketones is 1. The summed E-state index contributed by atoms with van der Waals surface area (Å²) < 4.78 is 5.70. The predicted octanol–water partition coefficient (Wildman–Crippen LogP) is 4.58. The summed E-state index contributed by atoms with van der Waals surface area (Å²) in [7, 11) is 0. The molecule has 0 bridgehead atoms. The van der Waals surface area contributed by atoms with Crippen LogP contribution in [-0.2, 0) is 6.42 Å². The Balaban J connectivity index is 1.49. The summed E-state index contributed by atoms with van der Waals surface area (Å²) >= 11 is 2.87. The van der Waals surface area contributed by atoms with Crippen molar-refractivity contribution in [1.82, 2.24) is 20.2 Å². The summed E-state index contributed by atoms with van der Waals surface area (Å²) in [6.07, 6.45) is 0.502. The first-order valence-electron chi connectivity index (χ1n) is 8.53. The van der Waals surface area contributed by atoms with Gasteiger partial charge in [-0.05, 0) is 26.8 Å². The fraction of sp³-hybridized carbons (Fsp3) is 0.263. The van der Waals surface area contributed by atoms with Gasteiger partial charge in [0.25, 0.3) is 5.22 Å². The van der Waals surface area contributed by atoms with Crippen molar-refractivity contribution in [3.8, 4) is 0 Å². The standard InChI is InChI=1S/C19H18N4O2S2/c1-10-17(14-6-4-5-7-15(14)20-10)18(24)11(2)27-19-23-22-16(25-19)8-13-9-26-12(3)21-13/h4-7,9,11,20H,8H2,1-3H3/t11-/m0/s1. The van der Waals surface area contributed by atoms with Gasteiger partial charge in [-0.1, -0.05) is 30.0 Å². The van der Waals surface area contributed by atoms with E-state index in [1.54, 1.807) is 11.3 Å². The van der Waals surface area contributed by atoms with Crippen molar-refractivity contribution < 1.29 is 9.21 Å². The van der Waals surface area contributed by atoms with Gasteiger partial charge in [0.2, 0.25) is 5.89 Å². The number of aryl methyl sites for hydroxylation is 2. The highest BCUT2D eigenvalue weighted by Crippen LogP contribution is 2.29. The molecule has 3 aromatic heterocycles. The summed E-state index contributed by atoms with van der Waals surface area (Å²) in [5.74, 6) is 0.551. The topological polar surface area (TPSA) is 84.7 Å². The van der Waals surface area contributed by atoms with E-state index in [4.69, 9.17) is 4.42 Å². The zero-order valence-corrected chi connectivity index (χ0v) is 16.8. The largest absolute Gasteiger partial charge is 0.416 e. The number of carbonyl (C=O) groups excluding carboxylic acids is 1. The average molecular weight is 399 g/mol. The lowest BCUT2D eigenvalue weighted by molar-refractivity contribution is 0.0994. The van der Waals surface area contributed by atoms with Crippen LogP contribution < -0.4 is 0 Å². The van der Waals surface area contributed by atoms with E-state index in [1.165, 1.54) is 11.8 Å². The van der Waals surface area contributed by atoms with Crippen molar-refractivity contribution in [2.75, 3.05) is 0 Å². The fourth-order valence-corrected chi connectivity index (χ4v) is 4.38. The van der Waals surface area contributed by atoms with E-state index in [2.05, 4.69) is 20.2 Å². The number of fused-ring (bicyclic) bond motifs is 1. The smallest absolute Gasteiger partial charge is 0.277 e.